The lowest BCUT2D eigenvalue weighted by Crippen LogP contribution is -2.16. The van der Waals surface area contributed by atoms with Crippen LogP contribution in [0.25, 0.3) is 17.0 Å². The lowest BCUT2D eigenvalue weighted by molar-refractivity contribution is 0.271. The summed E-state index contributed by atoms with van der Waals surface area (Å²) in [6.45, 7) is 6.33. The predicted octanol–water partition coefficient (Wildman–Crippen LogP) is 2.92. The molecule has 0 aliphatic heterocycles. The second-order valence-electron chi connectivity index (χ2n) is 7.11. The van der Waals surface area contributed by atoms with Gasteiger partial charge in [-0.3, -0.25) is 5.10 Å². The summed E-state index contributed by atoms with van der Waals surface area (Å²) in [5.74, 6) is 0.907. The molecule has 0 fully saturated rings. The van der Waals surface area contributed by atoms with E-state index in [9.17, 15) is 4.39 Å². The number of hydrogen-bond donors (Lipinski definition) is 1. The van der Waals surface area contributed by atoms with Crippen LogP contribution in [0.3, 0.4) is 0 Å². The van der Waals surface area contributed by atoms with Crippen molar-refractivity contribution in [3.63, 3.8) is 0 Å². The molecule has 0 saturated carbocycles. The van der Waals surface area contributed by atoms with Crippen molar-refractivity contribution in [3.05, 3.63) is 53.9 Å². The van der Waals surface area contributed by atoms with E-state index in [2.05, 4.69) is 51.2 Å². The molecule has 0 amide bonds. The molecular weight excluding hydrogens is 349 g/mol. The number of nitrogens with zero attached hydrogens (tertiary/aromatic N) is 6. The molecular formula is C18H18FN7O. The monoisotopic (exact) mass is 367 g/mol. The van der Waals surface area contributed by atoms with Crippen molar-refractivity contribution in [2.75, 3.05) is 0 Å². The zero-order valence-corrected chi connectivity index (χ0v) is 15.1. The van der Waals surface area contributed by atoms with Crippen LogP contribution in [-0.2, 0) is 12.0 Å². The van der Waals surface area contributed by atoms with Gasteiger partial charge in [-0.2, -0.15) is 9.61 Å². The molecule has 0 atom stereocenters. The molecule has 27 heavy (non-hydrogen) atoms. The fraction of sp³-hybridized carbons (Fsp3) is 0.278. The number of ether oxygens (including phenoxy) is 1. The highest BCUT2D eigenvalue weighted by molar-refractivity contribution is 5.60. The first-order valence-electron chi connectivity index (χ1n) is 8.42. The summed E-state index contributed by atoms with van der Waals surface area (Å²) in [6, 6.07) is 8.24. The predicted molar refractivity (Wildman–Crippen MR) is 95.6 cm³/mol. The zero-order chi connectivity index (χ0) is 19.0. The van der Waals surface area contributed by atoms with Crippen LogP contribution in [0, 0.1) is 5.82 Å². The lowest BCUT2D eigenvalue weighted by atomic mass is 9.88. The minimum atomic E-state index is -0.391. The summed E-state index contributed by atoms with van der Waals surface area (Å²) in [5, 5.41) is 19.4. The summed E-state index contributed by atoms with van der Waals surface area (Å²) in [7, 11) is 0. The largest absolute Gasteiger partial charge is 0.468 e. The van der Waals surface area contributed by atoms with Crippen LogP contribution in [0.5, 0.6) is 5.88 Å². The quantitative estimate of drug-likeness (QED) is 0.596. The molecule has 0 unspecified atom stereocenters. The van der Waals surface area contributed by atoms with Crippen LogP contribution in [0.2, 0.25) is 0 Å². The van der Waals surface area contributed by atoms with Gasteiger partial charge < -0.3 is 4.74 Å². The molecule has 0 aliphatic carbocycles. The highest BCUT2D eigenvalue weighted by Gasteiger charge is 2.24. The molecule has 0 radical (unpaired) electrons. The van der Waals surface area contributed by atoms with E-state index in [0.29, 0.717) is 28.7 Å². The molecule has 1 aromatic carbocycles. The number of benzene rings is 1. The molecule has 0 saturated heterocycles. The molecule has 8 nitrogen and oxygen atoms in total. The summed E-state index contributed by atoms with van der Waals surface area (Å²) < 4.78 is 21.6. The standard InChI is InChI=1S/C18H18FN7O/c1-18(2,3)12-8-15-23-24-16(11-6-4-5-7-13(11)19)26(15)25-17(12)27-9-14-20-10-21-22-14/h4-8,10H,9H2,1-3H3,(H,20,21,22). The van der Waals surface area contributed by atoms with Crippen molar-refractivity contribution in [1.82, 2.24) is 35.0 Å². The number of aromatic nitrogens is 7. The Morgan fingerprint density at radius 3 is 2.70 bits per heavy atom. The van der Waals surface area contributed by atoms with Crippen LogP contribution in [-0.4, -0.2) is 35.0 Å². The summed E-state index contributed by atoms with van der Waals surface area (Å²) in [6.07, 6.45) is 1.41. The van der Waals surface area contributed by atoms with Crippen LogP contribution >= 0.6 is 0 Å². The van der Waals surface area contributed by atoms with Crippen molar-refractivity contribution in [1.29, 1.82) is 0 Å². The second kappa shape index (κ2) is 6.42. The number of rotatable bonds is 4. The number of halogens is 1. The Kier molecular flexibility index (Phi) is 4.06. The molecule has 138 valence electrons. The van der Waals surface area contributed by atoms with Crippen LogP contribution < -0.4 is 4.74 Å². The van der Waals surface area contributed by atoms with Gasteiger partial charge in [0.25, 0.3) is 0 Å². The highest BCUT2D eigenvalue weighted by Crippen LogP contribution is 2.32. The zero-order valence-electron chi connectivity index (χ0n) is 15.1. The van der Waals surface area contributed by atoms with Gasteiger partial charge in [0.15, 0.2) is 17.3 Å². The van der Waals surface area contributed by atoms with Gasteiger partial charge in [0.1, 0.15) is 18.8 Å². The minimum absolute atomic E-state index is 0.179. The van der Waals surface area contributed by atoms with E-state index in [0.717, 1.165) is 5.56 Å². The van der Waals surface area contributed by atoms with Crippen LogP contribution in [0.4, 0.5) is 4.39 Å². The third kappa shape index (κ3) is 3.23. The van der Waals surface area contributed by atoms with Gasteiger partial charge in [0.2, 0.25) is 5.88 Å². The Labute approximate surface area is 154 Å². The van der Waals surface area contributed by atoms with E-state index >= 15 is 0 Å². The van der Waals surface area contributed by atoms with E-state index in [4.69, 9.17) is 4.74 Å². The smallest absolute Gasteiger partial charge is 0.236 e. The number of H-pyrrole nitrogens is 1. The summed E-state index contributed by atoms with van der Waals surface area (Å²) in [4.78, 5) is 4.05. The van der Waals surface area contributed by atoms with Crippen molar-refractivity contribution < 1.29 is 9.13 Å². The van der Waals surface area contributed by atoms with E-state index in [1.807, 2.05) is 6.07 Å². The fourth-order valence-corrected chi connectivity index (χ4v) is 2.71. The van der Waals surface area contributed by atoms with Gasteiger partial charge >= 0.3 is 0 Å². The maximum Gasteiger partial charge on any atom is 0.236 e. The van der Waals surface area contributed by atoms with Gasteiger partial charge in [0.05, 0.1) is 5.56 Å². The van der Waals surface area contributed by atoms with Crippen molar-refractivity contribution in [3.8, 4) is 17.3 Å². The van der Waals surface area contributed by atoms with Crippen molar-refractivity contribution in [2.45, 2.75) is 32.8 Å². The van der Waals surface area contributed by atoms with E-state index in [-0.39, 0.29) is 12.0 Å². The third-order valence-electron chi connectivity index (χ3n) is 4.09. The first kappa shape index (κ1) is 17.1. The van der Waals surface area contributed by atoms with E-state index < -0.39 is 5.82 Å². The number of fused-ring (bicyclic) bond motifs is 1. The Bertz CT molecular complexity index is 1080. The molecule has 4 aromatic rings. The Morgan fingerprint density at radius 1 is 1.19 bits per heavy atom. The molecule has 0 aliphatic rings. The summed E-state index contributed by atoms with van der Waals surface area (Å²) >= 11 is 0. The second-order valence-corrected chi connectivity index (χ2v) is 7.11. The Balaban J connectivity index is 1.83. The van der Waals surface area contributed by atoms with Gasteiger partial charge in [-0.05, 0) is 23.6 Å². The van der Waals surface area contributed by atoms with E-state index in [1.54, 1.807) is 18.2 Å². The molecule has 3 aromatic heterocycles. The molecule has 3 heterocycles. The SMILES string of the molecule is CC(C)(C)c1cc2nnc(-c3ccccc3F)n2nc1OCc1ncn[nH]1. The minimum Gasteiger partial charge on any atom is -0.468 e. The van der Waals surface area contributed by atoms with Gasteiger partial charge in [-0.25, -0.2) is 9.37 Å². The lowest BCUT2D eigenvalue weighted by Gasteiger charge is -2.21. The first-order valence-corrected chi connectivity index (χ1v) is 8.42. The average Bonchev–Trinajstić information content (AvgIpc) is 3.28. The van der Waals surface area contributed by atoms with Crippen LogP contribution in [0.15, 0.2) is 36.7 Å². The van der Waals surface area contributed by atoms with Crippen LogP contribution in [0.1, 0.15) is 32.2 Å². The topological polar surface area (TPSA) is 93.9 Å². The maximum atomic E-state index is 14.2. The van der Waals surface area contributed by atoms with E-state index in [1.165, 1.54) is 16.9 Å². The number of aromatic amines is 1. The van der Waals surface area contributed by atoms with Crippen molar-refractivity contribution >= 4 is 5.65 Å². The molecule has 0 bridgehead atoms. The maximum absolute atomic E-state index is 14.2. The van der Waals surface area contributed by atoms with Crippen molar-refractivity contribution in [2.24, 2.45) is 0 Å². The normalized spacial score (nSPS) is 11.9. The first-order chi connectivity index (χ1) is 12.9. The van der Waals surface area contributed by atoms with Gasteiger partial charge in [-0.15, -0.1) is 15.3 Å². The fourth-order valence-electron chi connectivity index (χ4n) is 2.71. The summed E-state index contributed by atoms with van der Waals surface area (Å²) in [5.41, 5.74) is 1.46. The Hall–Kier alpha value is -3.36. The highest BCUT2D eigenvalue weighted by atomic mass is 19.1. The average molecular weight is 367 g/mol. The molecule has 0 spiro atoms. The van der Waals surface area contributed by atoms with Gasteiger partial charge in [-0.1, -0.05) is 32.9 Å². The van der Waals surface area contributed by atoms with Gasteiger partial charge in [0, 0.05) is 5.56 Å². The third-order valence-corrected chi connectivity index (χ3v) is 4.09. The molecule has 1 N–H and O–H groups in total. The number of hydrogen-bond acceptors (Lipinski definition) is 6. The molecule has 9 heteroatoms. The molecule has 4 rings (SSSR count). The Morgan fingerprint density at radius 2 is 2.00 bits per heavy atom. The number of nitrogens with one attached hydrogen (secondary N) is 1.